The fourth-order valence-electron chi connectivity index (χ4n) is 3.85. The maximum absolute atomic E-state index is 13.7. The maximum atomic E-state index is 13.7. The standard InChI is InChI=1S/C21H26FN3O2S/c1-14(26)25-20(21-23-10-11-28-21)16-8-6-15(7-9-16)13-24-19(27)12-17-4-2-3-5-18(17)22/h2-5,10-11,15-16,20H,6-9,12-13H2,1H3,(H,24,27)(H,25,26)/t15?,16?,20-/m0/s1. The lowest BCUT2D eigenvalue weighted by molar-refractivity contribution is -0.121. The van der Waals surface area contributed by atoms with Crippen LogP contribution in [0.2, 0.25) is 0 Å². The first-order valence-electron chi connectivity index (χ1n) is 9.69. The second-order valence-corrected chi connectivity index (χ2v) is 8.33. The molecule has 1 atom stereocenters. The van der Waals surface area contributed by atoms with E-state index in [0.29, 0.717) is 23.9 Å². The second-order valence-electron chi connectivity index (χ2n) is 7.40. The van der Waals surface area contributed by atoms with Crippen LogP contribution in [0.1, 0.15) is 49.2 Å². The number of carbonyl (C=O) groups excluding carboxylic acids is 2. The minimum atomic E-state index is -0.343. The van der Waals surface area contributed by atoms with E-state index in [1.165, 1.54) is 13.0 Å². The zero-order valence-corrected chi connectivity index (χ0v) is 16.8. The highest BCUT2D eigenvalue weighted by atomic mass is 32.1. The van der Waals surface area contributed by atoms with E-state index in [0.717, 1.165) is 30.7 Å². The summed E-state index contributed by atoms with van der Waals surface area (Å²) in [5.41, 5.74) is 0.422. The SMILES string of the molecule is CC(=O)N[C@H](c1nccs1)C1CCC(CNC(=O)Cc2ccccc2F)CC1. The van der Waals surface area contributed by atoms with E-state index in [1.54, 1.807) is 35.7 Å². The van der Waals surface area contributed by atoms with Crippen molar-refractivity contribution in [3.05, 3.63) is 52.2 Å². The number of nitrogens with zero attached hydrogens (tertiary/aromatic N) is 1. The Morgan fingerprint density at radius 1 is 1.25 bits per heavy atom. The first-order valence-corrected chi connectivity index (χ1v) is 10.6. The molecule has 150 valence electrons. The summed E-state index contributed by atoms with van der Waals surface area (Å²) in [6, 6.07) is 6.34. The molecule has 0 radical (unpaired) electrons. The van der Waals surface area contributed by atoms with Gasteiger partial charge in [-0.1, -0.05) is 18.2 Å². The lowest BCUT2D eigenvalue weighted by Gasteiger charge is -2.33. The van der Waals surface area contributed by atoms with Crippen molar-refractivity contribution in [2.24, 2.45) is 11.8 Å². The highest BCUT2D eigenvalue weighted by molar-refractivity contribution is 7.09. The Kier molecular flexibility index (Phi) is 7.14. The Bertz CT molecular complexity index is 789. The highest BCUT2D eigenvalue weighted by Crippen LogP contribution is 2.37. The van der Waals surface area contributed by atoms with E-state index >= 15 is 0 Å². The number of halogens is 1. The molecule has 0 unspecified atom stereocenters. The van der Waals surface area contributed by atoms with Gasteiger partial charge in [-0.3, -0.25) is 9.59 Å². The van der Waals surface area contributed by atoms with Crippen molar-refractivity contribution in [2.75, 3.05) is 6.54 Å². The molecule has 1 aliphatic rings. The summed E-state index contributed by atoms with van der Waals surface area (Å²) >= 11 is 1.57. The van der Waals surface area contributed by atoms with E-state index in [2.05, 4.69) is 15.6 Å². The highest BCUT2D eigenvalue weighted by Gasteiger charge is 2.30. The molecule has 1 fully saturated rings. The molecular weight excluding hydrogens is 377 g/mol. The van der Waals surface area contributed by atoms with Gasteiger partial charge >= 0.3 is 0 Å². The number of thiazole rings is 1. The molecule has 1 saturated carbocycles. The number of nitrogens with one attached hydrogen (secondary N) is 2. The van der Waals surface area contributed by atoms with Crippen LogP contribution in [0.5, 0.6) is 0 Å². The smallest absolute Gasteiger partial charge is 0.224 e. The Hall–Kier alpha value is -2.28. The van der Waals surface area contributed by atoms with Crippen LogP contribution in [0.4, 0.5) is 4.39 Å². The zero-order chi connectivity index (χ0) is 19.9. The number of aromatic nitrogens is 1. The Labute approximate surface area is 168 Å². The predicted molar refractivity (Wildman–Crippen MR) is 107 cm³/mol. The van der Waals surface area contributed by atoms with Crippen LogP contribution >= 0.6 is 11.3 Å². The molecule has 2 amide bonds. The van der Waals surface area contributed by atoms with Gasteiger partial charge in [-0.2, -0.15) is 0 Å². The number of hydrogen-bond acceptors (Lipinski definition) is 4. The molecule has 1 aliphatic carbocycles. The van der Waals surface area contributed by atoms with Crippen LogP contribution in [-0.2, 0) is 16.0 Å². The number of amides is 2. The van der Waals surface area contributed by atoms with Gasteiger partial charge in [-0.15, -0.1) is 11.3 Å². The molecule has 3 rings (SSSR count). The minimum absolute atomic E-state index is 0.0332. The average molecular weight is 404 g/mol. The third kappa shape index (κ3) is 5.61. The molecule has 7 heteroatoms. The first kappa shape index (κ1) is 20.5. The third-order valence-corrected chi connectivity index (χ3v) is 6.19. The molecule has 2 N–H and O–H groups in total. The number of carbonyl (C=O) groups is 2. The van der Waals surface area contributed by atoms with Gasteiger partial charge in [-0.25, -0.2) is 9.37 Å². The summed E-state index contributed by atoms with van der Waals surface area (Å²) in [7, 11) is 0. The van der Waals surface area contributed by atoms with Crippen LogP contribution in [0.15, 0.2) is 35.8 Å². The van der Waals surface area contributed by atoms with Crippen molar-refractivity contribution in [1.29, 1.82) is 0 Å². The summed E-state index contributed by atoms with van der Waals surface area (Å²) < 4.78 is 13.7. The van der Waals surface area contributed by atoms with Crippen LogP contribution < -0.4 is 10.6 Å². The molecule has 0 bridgehead atoms. The number of benzene rings is 1. The summed E-state index contributed by atoms with van der Waals surface area (Å²) in [6.07, 6.45) is 5.79. The average Bonchev–Trinajstić information content (AvgIpc) is 3.21. The monoisotopic (exact) mass is 403 g/mol. The Morgan fingerprint density at radius 3 is 2.64 bits per heavy atom. The first-order chi connectivity index (χ1) is 13.5. The van der Waals surface area contributed by atoms with Gasteiger partial charge in [0.25, 0.3) is 0 Å². The summed E-state index contributed by atoms with van der Waals surface area (Å²) in [4.78, 5) is 28.1. The van der Waals surface area contributed by atoms with Crippen molar-refractivity contribution in [3.8, 4) is 0 Å². The largest absolute Gasteiger partial charge is 0.356 e. The van der Waals surface area contributed by atoms with Crippen molar-refractivity contribution in [1.82, 2.24) is 15.6 Å². The molecule has 28 heavy (non-hydrogen) atoms. The van der Waals surface area contributed by atoms with Gasteiger partial charge in [0.15, 0.2) is 0 Å². The minimum Gasteiger partial charge on any atom is -0.356 e. The molecule has 0 spiro atoms. The molecule has 1 heterocycles. The van der Waals surface area contributed by atoms with Crippen molar-refractivity contribution in [3.63, 3.8) is 0 Å². The quantitative estimate of drug-likeness (QED) is 0.742. The van der Waals surface area contributed by atoms with Crippen molar-refractivity contribution in [2.45, 2.75) is 45.1 Å². The summed E-state index contributed by atoms with van der Waals surface area (Å²) in [6.45, 7) is 2.15. The van der Waals surface area contributed by atoms with Gasteiger partial charge in [-0.05, 0) is 49.1 Å². The van der Waals surface area contributed by atoms with Gasteiger partial charge in [0.2, 0.25) is 11.8 Å². The Balaban J connectivity index is 1.46. The molecule has 1 aromatic heterocycles. The van der Waals surface area contributed by atoms with E-state index in [9.17, 15) is 14.0 Å². The maximum Gasteiger partial charge on any atom is 0.224 e. The topological polar surface area (TPSA) is 71.1 Å². The molecule has 0 saturated heterocycles. The van der Waals surface area contributed by atoms with Crippen LogP contribution in [0.25, 0.3) is 0 Å². The van der Waals surface area contributed by atoms with E-state index in [1.807, 2.05) is 5.38 Å². The third-order valence-electron chi connectivity index (χ3n) is 5.34. The van der Waals surface area contributed by atoms with Gasteiger partial charge in [0.05, 0.1) is 12.5 Å². The predicted octanol–water partition coefficient (Wildman–Crippen LogP) is 3.62. The van der Waals surface area contributed by atoms with Crippen molar-refractivity contribution >= 4 is 23.2 Å². The van der Waals surface area contributed by atoms with Gasteiger partial charge < -0.3 is 10.6 Å². The lowest BCUT2D eigenvalue weighted by atomic mass is 9.78. The van der Waals surface area contributed by atoms with Crippen LogP contribution in [0, 0.1) is 17.7 Å². The fraction of sp³-hybridized carbons (Fsp3) is 0.476. The van der Waals surface area contributed by atoms with Crippen LogP contribution in [0.3, 0.4) is 0 Å². The Morgan fingerprint density at radius 2 is 2.00 bits per heavy atom. The molecule has 0 aliphatic heterocycles. The molecule has 1 aromatic carbocycles. The van der Waals surface area contributed by atoms with Gasteiger partial charge in [0, 0.05) is 25.0 Å². The second kappa shape index (κ2) is 9.78. The summed E-state index contributed by atoms with van der Waals surface area (Å²) in [5, 5.41) is 8.89. The molecule has 5 nitrogen and oxygen atoms in total. The van der Waals surface area contributed by atoms with Gasteiger partial charge in [0.1, 0.15) is 10.8 Å². The molecule has 2 aromatic rings. The van der Waals surface area contributed by atoms with Crippen molar-refractivity contribution < 1.29 is 14.0 Å². The fourth-order valence-corrected chi connectivity index (χ4v) is 4.63. The van der Waals surface area contributed by atoms with E-state index in [4.69, 9.17) is 0 Å². The van der Waals surface area contributed by atoms with E-state index in [-0.39, 0.29) is 30.1 Å². The summed E-state index contributed by atoms with van der Waals surface area (Å²) in [5.74, 6) is 0.244. The van der Waals surface area contributed by atoms with E-state index < -0.39 is 0 Å². The molecular formula is C21H26FN3O2S. The lowest BCUT2D eigenvalue weighted by Crippen LogP contribution is -2.36. The number of hydrogen-bond donors (Lipinski definition) is 2. The number of rotatable bonds is 7. The normalized spacial score (nSPS) is 20.4. The zero-order valence-electron chi connectivity index (χ0n) is 16.0. The van der Waals surface area contributed by atoms with Crippen LogP contribution in [-0.4, -0.2) is 23.3 Å².